The summed E-state index contributed by atoms with van der Waals surface area (Å²) in [7, 11) is 1.23. The zero-order chi connectivity index (χ0) is 14.5. The summed E-state index contributed by atoms with van der Waals surface area (Å²) in [6, 6.07) is 0.493. The monoisotopic (exact) mass is 274 g/mol. The van der Waals surface area contributed by atoms with E-state index in [4.69, 9.17) is 16.2 Å². The highest BCUT2D eigenvalue weighted by Gasteiger charge is 2.42. The van der Waals surface area contributed by atoms with Crippen LogP contribution in [0.3, 0.4) is 0 Å². The maximum Gasteiger partial charge on any atom is 0.415 e. The van der Waals surface area contributed by atoms with Crippen LogP contribution in [0.1, 0.15) is 11.6 Å². The molecule has 1 rings (SSSR count). The standard InChI is InChI=1S/C11H13F3N4O/c1-19-10-8(3-2-4-17-10)9(11(12,13)14)18-6-7(16)5-15/h2-6,9H,15-16H2,1H3/b7-5+,18-6?. The Morgan fingerprint density at radius 2 is 2.21 bits per heavy atom. The molecule has 0 amide bonds. The van der Waals surface area contributed by atoms with Gasteiger partial charge in [-0.2, -0.15) is 13.2 Å². The number of halogens is 3. The van der Waals surface area contributed by atoms with Gasteiger partial charge >= 0.3 is 6.18 Å². The molecule has 0 aliphatic heterocycles. The van der Waals surface area contributed by atoms with Gasteiger partial charge in [-0.1, -0.05) is 0 Å². The van der Waals surface area contributed by atoms with Crippen molar-refractivity contribution in [1.29, 1.82) is 0 Å². The highest BCUT2D eigenvalue weighted by molar-refractivity contribution is 5.77. The predicted molar refractivity (Wildman–Crippen MR) is 64.5 cm³/mol. The van der Waals surface area contributed by atoms with Gasteiger partial charge in [0.1, 0.15) is 0 Å². The van der Waals surface area contributed by atoms with Gasteiger partial charge in [-0.3, -0.25) is 4.99 Å². The molecule has 1 aromatic rings. The van der Waals surface area contributed by atoms with E-state index in [1.165, 1.54) is 25.4 Å². The van der Waals surface area contributed by atoms with E-state index in [1.807, 2.05) is 0 Å². The number of allylic oxidation sites excluding steroid dienone is 1. The molecule has 4 N–H and O–H groups in total. The van der Waals surface area contributed by atoms with Crippen molar-refractivity contribution in [2.24, 2.45) is 16.5 Å². The zero-order valence-electron chi connectivity index (χ0n) is 10.1. The molecule has 0 aliphatic carbocycles. The molecule has 5 nitrogen and oxygen atoms in total. The van der Waals surface area contributed by atoms with Gasteiger partial charge in [0, 0.05) is 24.2 Å². The molecule has 0 aliphatic rings. The van der Waals surface area contributed by atoms with E-state index in [0.717, 1.165) is 12.4 Å². The van der Waals surface area contributed by atoms with E-state index in [9.17, 15) is 13.2 Å². The van der Waals surface area contributed by atoms with Gasteiger partial charge < -0.3 is 16.2 Å². The molecule has 1 unspecified atom stereocenters. The first-order chi connectivity index (χ1) is 8.90. The first-order valence-electron chi connectivity index (χ1n) is 5.16. The lowest BCUT2D eigenvalue weighted by atomic mass is 10.1. The molecule has 0 bridgehead atoms. The molecular formula is C11H13F3N4O. The predicted octanol–water partition coefficient (Wildman–Crippen LogP) is 1.52. The maximum atomic E-state index is 13.0. The van der Waals surface area contributed by atoms with E-state index >= 15 is 0 Å². The molecule has 0 saturated heterocycles. The summed E-state index contributed by atoms with van der Waals surface area (Å²) in [5.41, 5.74) is 10.1. The van der Waals surface area contributed by atoms with Crippen molar-refractivity contribution in [3.8, 4) is 5.88 Å². The van der Waals surface area contributed by atoms with Crippen LogP contribution in [0.4, 0.5) is 13.2 Å². The van der Waals surface area contributed by atoms with Crippen molar-refractivity contribution in [1.82, 2.24) is 4.98 Å². The van der Waals surface area contributed by atoms with E-state index in [1.54, 1.807) is 0 Å². The van der Waals surface area contributed by atoms with Crippen molar-refractivity contribution in [2.75, 3.05) is 7.11 Å². The van der Waals surface area contributed by atoms with Crippen LogP contribution in [0.15, 0.2) is 35.2 Å². The number of methoxy groups -OCH3 is 1. The van der Waals surface area contributed by atoms with Crippen molar-refractivity contribution >= 4 is 6.21 Å². The number of nitrogens with two attached hydrogens (primary N) is 2. The summed E-state index contributed by atoms with van der Waals surface area (Å²) < 4.78 is 43.8. The molecule has 0 spiro atoms. The smallest absolute Gasteiger partial charge is 0.415 e. The zero-order valence-corrected chi connectivity index (χ0v) is 10.1. The van der Waals surface area contributed by atoms with E-state index in [0.29, 0.717) is 0 Å². The second-order valence-electron chi connectivity index (χ2n) is 3.49. The largest absolute Gasteiger partial charge is 0.481 e. The number of alkyl halides is 3. The molecule has 19 heavy (non-hydrogen) atoms. The van der Waals surface area contributed by atoms with Crippen LogP contribution in [-0.2, 0) is 0 Å². The second-order valence-corrected chi connectivity index (χ2v) is 3.49. The highest BCUT2D eigenvalue weighted by atomic mass is 19.4. The van der Waals surface area contributed by atoms with Gasteiger partial charge in [0.2, 0.25) is 5.88 Å². The van der Waals surface area contributed by atoms with Gasteiger partial charge in [-0.25, -0.2) is 4.98 Å². The van der Waals surface area contributed by atoms with Crippen LogP contribution < -0.4 is 16.2 Å². The molecule has 104 valence electrons. The van der Waals surface area contributed by atoms with Crippen molar-refractivity contribution in [3.05, 3.63) is 35.8 Å². The van der Waals surface area contributed by atoms with Gasteiger partial charge in [-0.15, -0.1) is 0 Å². The SMILES string of the molecule is COc1ncccc1C(N=C/C(N)=C\N)C(F)(F)F. The molecule has 1 aromatic heterocycles. The number of pyridine rings is 1. The molecule has 1 atom stereocenters. The van der Waals surface area contributed by atoms with Crippen LogP contribution in [0.2, 0.25) is 0 Å². The molecule has 0 radical (unpaired) electrons. The third kappa shape index (κ3) is 3.87. The normalized spacial score (nSPS) is 14.6. The number of aliphatic imine (C=N–C) groups is 1. The van der Waals surface area contributed by atoms with Crippen LogP contribution in [0, 0.1) is 0 Å². The summed E-state index contributed by atoms with van der Waals surface area (Å²) in [6.07, 6.45) is -1.46. The lowest BCUT2D eigenvalue weighted by Gasteiger charge is -2.18. The van der Waals surface area contributed by atoms with Crippen LogP contribution in [0.25, 0.3) is 0 Å². The van der Waals surface area contributed by atoms with Crippen LogP contribution in [-0.4, -0.2) is 24.5 Å². The lowest BCUT2D eigenvalue weighted by Crippen LogP contribution is -2.20. The Morgan fingerprint density at radius 3 is 2.74 bits per heavy atom. The van der Waals surface area contributed by atoms with E-state index in [2.05, 4.69) is 9.98 Å². The minimum Gasteiger partial charge on any atom is -0.481 e. The summed E-state index contributed by atoms with van der Waals surface area (Å²) in [5.74, 6) is -0.141. The van der Waals surface area contributed by atoms with Crippen molar-refractivity contribution in [3.63, 3.8) is 0 Å². The van der Waals surface area contributed by atoms with Gasteiger partial charge in [0.25, 0.3) is 0 Å². The average molecular weight is 274 g/mol. The molecule has 1 heterocycles. The minimum atomic E-state index is -4.60. The summed E-state index contributed by atoms with van der Waals surface area (Å²) in [5, 5.41) is 0. The Hall–Kier alpha value is -2.25. The lowest BCUT2D eigenvalue weighted by molar-refractivity contribution is -0.148. The maximum absolute atomic E-state index is 13.0. The topological polar surface area (TPSA) is 86.5 Å². The average Bonchev–Trinajstić information content (AvgIpc) is 2.37. The fourth-order valence-corrected chi connectivity index (χ4v) is 1.33. The Balaban J connectivity index is 3.22. The van der Waals surface area contributed by atoms with Gasteiger partial charge in [-0.05, 0) is 12.1 Å². The summed E-state index contributed by atoms with van der Waals surface area (Å²) in [6.45, 7) is 0. The van der Waals surface area contributed by atoms with Crippen molar-refractivity contribution in [2.45, 2.75) is 12.2 Å². The Labute approximate surface area is 107 Å². The fourth-order valence-electron chi connectivity index (χ4n) is 1.33. The van der Waals surface area contributed by atoms with Crippen LogP contribution in [0.5, 0.6) is 5.88 Å². The Kier molecular flexibility index (Phi) is 4.74. The first kappa shape index (κ1) is 14.8. The summed E-state index contributed by atoms with van der Waals surface area (Å²) >= 11 is 0. The Morgan fingerprint density at radius 1 is 1.53 bits per heavy atom. The molecule has 8 heteroatoms. The third-order valence-electron chi connectivity index (χ3n) is 2.16. The number of aromatic nitrogens is 1. The number of hydrogen-bond donors (Lipinski definition) is 2. The highest BCUT2D eigenvalue weighted by Crippen LogP contribution is 2.38. The molecule has 0 fully saturated rings. The molecule has 0 saturated carbocycles. The van der Waals surface area contributed by atoms with Crippen LogP contribution >= 0.6 is 0 Å². The fraction of sp³-hybridized carbons (Fsp3) is 0.273. The third-order valence-corrected chi connectivity index (χ3v) is 2.16. The molecular weight excluding hydrogens is 261 g/mol. The number of ether oxygens (including phenoxy) is 1. The quantitative estimate of drug-likeness (QED) is 0.815. The van der Waals surface area contributed by atoms with Gasteiger partial charge in [0.05, 0.1) is 12.8 Å². The van der Waals surface area contributed by atoms with Gasteiger partial charge in [0.15, 0.2) is 6.04 Å². The number of nitrogens with zero attached hydrogens (tertiary/aromatic N) is 2. The first-order valence-corrected chi connectivity index (χ1v) is 5.16. The number of hydrogen-bond acceptors (Lipinski definition) is 5. The van der Waals surface area contributed by atoms with E-state index < -0.39 is 12.2 Å². The summed E-state index contributed by atoms with van der Waals surface area (Å²) in [4.78, 5) is 7.11. The van der Waals surface area contributed by atoms with E-state index in [-0.39, 0.29) is 17.1 Å². The second kappa shape index (κ2) is 6.07. The minimum absolute atomic E-state index is 0.0721. The Bertz CT molecular complexity index is 485. The molecule has 0 aromatic carbocycles. The van der Waals surface area contributed by atoms with Crippen molar-refractivity contribution < 1.29 is 17.9 Å². The number of rotatable bonds is 4.